The molecule has 0 bridgehead atoms. The number of nitrogens with one attached hydrogen (secondary N) is 2. The van der Waals surface area contributed by atoms with E-state index in [1.807, 2.05) is 18.8 Å². The first kappa shape index (κ1) is 13.3. The highest BCUT2D eigenvalue weighted by Crippen LogP contribution is 2.10. The largest absolute Gasteiger partial charge is 0.407 e. The third-order valence-electron chi connectivity index (χ3n) is 2.06. The summed E-state index contributed by atoms with van der Waals surface area (Å²) in [7, 11) is 1.85. The molecule has 0 aliphatic carbocycles. The summed E-state index contributed by atoms with van der Waals surface area (Å²) in [5, 5.41) is 14.0. The lowest BCUT2D eigenvalue weighted by Gasteiger charge is -2.10. The molecule has 92 valence electrons. The summed E-state index contributed by atoms with van der Waals surface area (Å²) in [6, 6.07) is 0.876. The minimum Gasteiger partial charge on any atom is -0.407 e. The Morgan fingerprint density at radius 3 is 2.94 bits per heavy atom. The van der Waals surface area contributed by atoms with Gasteiger partial charge in [-0.05, 0) is 31.9 Å². The first-order chi connectivity index (χ1) is 7.76. The predicted octanol–water partition coefficient (Wildman–Crippen LogP) is 1.73. The summed E-state index contributed by atoms with van der Waals surface area (Å²) in [5.74, 6) is 2.93. The van der Waals surface area contributed by atoms with E-state index in [4.69, 9.17) is 4.42 Å². The van der Waals surface area contributed by atoms with Crippen LogP contribution in [0.4, 0.5) is 6.01 Å². The van der Waals surface area contributed by atoms with Gasteiger partial charge in [0, 0.05) is 6.04 Å². The summed E-state index contributed by atoms with van der Waals surface area (Å²) in [5.41, 5.74) is 0. The molecule has 0 fully saturated rings. The van der Waals surface area contributed by atoms with E-state index in [2.05, 4.69) is 34.7 Å². The number of thioether (sulfide) groups is 1. The van der Waals surface area contributed by atoms with Gasteiger partial charge in [-0.25, -0.2) is 0 Å². The molecule has 0 aromatic carbocycles. The van der Waals surface area contributed by atoms with Crippen LogP contribution >= 0.6 is 11.8 Å². The van der Waals surface area contributed by atoms with Gasteiger partial charge < -0.3 is 15.1 Å². The van der Waals surface area contributed by atoms with Gasteiger partial charge in [0.25, 0.3) is 0 Å². The summed E-state index contributed by atoms with van der Waals surface area (Å²) in [6.07, 6.45) is 1.10. The molecule has 0 spiro atoms. The summed E-state index contributed by atoms with van der Waals surface area (Å²) in [6.45, 7) is 4.90. The minimum atomic E-state index is 0.363. The van der Waals surface area contributed by atoms with Crippen molar-refractivity contribution >= 4 is 17.8 Å². The van der Waals surface area contributed by atoms with E-state index in [9.17, 15) is 0 Å². The van der Waals surface area contributed by atoms with E-state index in [0.29, 0.717) is 24.5 Å². The van der Waals surface area contributed by atoms with Gasteiger partial charge in [-0.1, -0.05) is 12.0 Å². The van der Waals surface area contributed by atoms with Gasteiger partial charge in [-0.2, -0.15) is 11.8 Å². The van der Waals surface area contributed by atoms with E-state index in [1.165, 1.54) is 5.75 Å². The Bertz CT molecular complexity index is 292. The highest BCUT2D eigenvalue weighted by Gasteiger charge is 2.08. The van der Waals surface area contributed by atoms with Gasteiger partial charge in [0.15, 0.2) is 0 Å². The average molecular weight is 244 g/mol. The van der Waals surface area contributed by atoms with E-state index in [1.54, 1.807) is 0 Å². The molecule has 1 heterocycles. The Labute approximate surface area is 101 Å². The van der Waals surface area contributed by atoms with Gasteiger partial charge in [-0.15, -0.1) is 5.10 Å². The van der Waals surface area contributed by atoms with Crippen molar-refractivity contribution in [3.05, 3.63) is 5.89 Å². The maximum Gasteiger partial charge on any atom is 0.315 e. The van der Waals surface area contributed by atoms with Crippen molar-refractivity contribution < 1.29 is 4.42 Å². The fourth-order valence-corrected chi connectivity index (χ4v) is 2.03. The normalized spacial score (nSPS) is 12.7. The summed E-state index contributed by atoms with van der Waals surface area (Å²) in [4.78, 5) is 0. The molecule has 0 aliphatic rings. The van der Waals surface area contributed by atoms with Crippen LogP contribution in [0.15, 0.2) is 4.42 Å². The molecule has 1 rings (SSSR count). The molecule has 1 unspecified atom stereocenters. The van der Waals surface area contributed by atoms with Crippen molar-refractivity contribution in [3.63, 3.8) is 0 Å². The van der Waals surface area contributed by atoms with Gasteiger partial charge in [-0.3, -0.25) is 0 Å². The van der Waals surface area contributed by atoms with Gasteiger partial charge in [0.1, 0.15) is 0 Å². The number of hydrogen-bond acceptors (Lipinski definition) is 6. The van der Waals surface area contributed by atoms with Crippen LogP contribution in [-0.2, 0) is 6.54 Å². The lowest BCUT2D eigenvalue weighted by Crippen LogP contribution is -2.16. The third kappa shape index (κ3) is 4.85. The van der Waals surface area contributed by atoms with Crippen molar-refractivity contribution in [1.82, 2.24) is 15.5 Å². The van der Waals surface area contributed by atoms with E-state index >= 15 is 0 Å². The quantitative estimate of drug-likeness (QED) is 0.679. The van der Waals surface area contributed by atoms with Crippen LogP contribution in [0.2, 0.25) is 0 Å². The van der Waals surface area contributed by atoms with Gasteiger partial charge >= 0.3 is 6.01 Å². The number of aromatic nitrogens is 2. The molecular formula is C10H20N4OS. The molecule has 16 heavy (non-hydrogen) atoms. The Balaban J connectivity index is 2.28. The molecule has 5 nitrogen and oxygen atoms in total. The molecule has 6 heteroatoms. The van der Waals surface area contributed by atoms with Crippen molar-refractivity contribution in [2.24, 2.45) is 0 Å². The van der Waals surface area contributed by atoms with Crippen LogP contribution in [-0.4, -0.2) is 34.8 Å². The second-order valence-corrected chi connectivity index (χ2v) is 4.96. The second kappa shape index (κ2) is 7.51. The van der Waals surface area contributed by atoms with Crippen molar-refractivity contribution in [2.75, 3.05) is 23.9 Å². The number of hydrogen-bond donors (Lipinski definition) is 2. The van der Waals surface area contributed by atoms with Crippen LogP contribution in [0, 0.1) is 0 Å². The zero-order valence-electron chi connectivity index (χ0n) is 10.1. The molecule has 0 saturated carbocycles. The molecule has 1 atom stereocenters. The van der Waals surface area contributed by atoms with E-state index in [0.717, 1.165) is 12.2 Å². The first-order valence-corrected chi connectivity index (χ1v) is 6.73. The highest BCUT2D eigenvalue weighted by atomic mass is 32.2. The smallest absolute Gasteiger partial charge is 0.315 e. The van der Waals surface area contributed by atoms with Crippen molar-refractivity contribution in [2.45, 2.75) is 32.9 Å². The molecule has 2 N–H and O–H groups in total. The van der Waals surface area contributed by atoms with Crippen LogP contribution in [0.5, 0.6) is 0 Å². The fourth-order valence-electron chi connectivity index (χ4n) is 1.22. The lowest BCUT2D eigenvalue weighted by atomic mass is 10.3. The zero-order valence-corrected chi connectivity index (χ0v) is 10.9. The highest BCUT2D eigenvalue weighted by molar-refractivity contribution is 7.99. The molecular weight excluding hydrogens is 224 g/mol. The first-order valence-electron chi connectivity index (χ1n) is 5.57. The summed E-state index contributed by atoms with van der Waals surface area (Å²) < 4.78 is 5.40. The Morgan fingerprint density at radius 2 is 2.25 bits per heavy atom. The molecule has 0 radical (unpaired) electrons. The molecule has 0 amide bonds. The third-order valence-corrected chi connectivity index (χ3v) is 3.00. The zero-order chi connectivity index (χ0) is 11.8. The maximum absolute atomic E-state index is 5.40. The average Bonchev–Trinajstić information content (AvgIpc) is 2.66. The Hall–Kier alpha value is -0.750. The monoisotopic (exact) mass is 244 g/mol. The van der Waals surface area contributed by atoms with Crippen LogP contribution in [0.3, 0.4) is 0 Å². The van der Waals surface area contributed by atoms with Crippen LogP contribution in [0.1, 0.15) is 26.2 Å². The molecule has 0 aliphatic heterocycles. The SMILES string of the molecule is CCSCCC(C)Nc1nnc(CNC)o1. The minimum absolute atomic E-state index is 0.363. The lowest BCUT2D eigenvalue weighted by molar-refractivity contribution is 0.485. The predicted molar refractivity (Wildman–Crippen MR) is 67.8 cm³/mol. The molecule has 1 aromatic rings. The van der Waals surface area contributed by atoms with Gasteiger partial charge in [0.05, 0.1) is 6.54 Å². The molecule has 0 saturated heterocycles. The number of anilines is 1. The molecule has 1 aromatic heterocycles. The van der Waals surface area contributed by atoms with Crippen molar-refractivity contribution in [3.8, 4) is 0 Å². The maximum atomic E-state index is 5.40. The van der Waals surface area contributed by atoms with Crippen molar-refractivity contribution in [1.29, 1.82) is 0 Å². The van der Waals surface area contributed by atoms with Crippen LogP contribution in [0.25, 0.3) is 0 Å². The second-order valence-electron chi connectivity index (χ2n) is 3.56. The van der Waals surface area contributed by atoms with E-state index in [-0.39, 0.29) is 0 Å². The standard InChI is InChI=1S/C10H20N4OS/c1-4-16-6-5-8(2)12-10-14-13-9(15-10)7-11-3/h8,11H,4-7H2,1-3H3,(H,12,14). The fraction of sp³-hybridized carbons (Fsp3) is 0.800. The number of nitrogens with zero attached hydrogens (tertiary/aromatic N) is 2. The summed E-state index contributed by atoms with van der Waals surface area (Å²) >= 11 is 1.94. The van der Waals surface area contributed by atoms with Crippen LogP contribution < -0.4 is 10.6 Å². The Morgan fingerprint density at radius 1 is 1.44 bits per heavy atom. The van der Waals surface area contributed by atoms with E-state index < -0.39 is 0 Å². The van der Waals surface area contributed by atoms with Gasteiger partial charge in [0.2, 0.25) is 5.89 Å². The Kier molecular flexibility index (Phi) is 6.25. The topological polar surface area (TPSA) is 63.0 Å². The number of rotatable bonds is 8.